The molecule has 4 atom stereocenters. The molecule has 2 heterocycles. The fourth-order valence-electron chi connectivity index (χ4n) is 3.67. The zero-order chi connectivity index (χ0) is 23.4. The normalized spacial score (nSPS) is 22.4. The van der Waals surface area contributed by atoms with Gasteiger partial charge in [0.1, 0.15) is 17.8 Å². The topological polar surface area (TPSA) is 103 Å². The number of aliphatic hydroxyl groups is 2. The van der Waals surface area contributed by atoms with Crippen molar-refractivity contribution in [1.29, 1.82) is 0 Å². The van der Waals surface area contributed by atoms with Crippen molar-refractivity contribution >= 4 is 11.8 Å². The largest absolute Gasteiger partial charge is 0.472 e. The molecule has 2 N–H and O–H groups in total. The van der Waals surface area contributed by atoms with E-state index < -0.39 is 12.1 Å². The summed E-state index contributed by atoms with van der Waals surface area (Å²) in [4.78, 5) is 33.5. The highest BCUT2D eigenvalue weighted by Gasteiger charge is 2.35. The van der Waals surface area contributed by atoms with Crippen molar-refractivity contribution in [2.24, 2.45) is 11.8 Å². The van der Waals surface area contributed by atoms with Gasteiger partial charge in [0.05, 0.1) is 19.2 Å². The molecule has 0 bridgehead atoms. The summed E-state index contributed by atoms with van der Waals surface area (Å²) in [7, 11) is 1.78. The number of rotatable bonds is 6. The Labute approximate surface area is 189 Å². The van der Waals surface area contributed by atoms with Crippen LogP contribution >= 0.6 is 0 Å². The number of fused-ring (bicyclic) bond motifs is 1. The van der Waals surface area contributed by atoms with Crippen LogP contribution in [0.15, 0.2) is 12.3 Å². The fourth-order valence-corrected chi connectivity index (χ4v) is 3.67. The van der Waals surface area contributed by atoms with Crippen LogP contribution in [-0.2, 0) is 4.79 Å². The summed E-state index contributed by atoms with van der Waals surface area (Å²) in [5, 5.41) is 19.2. The summed E-state index contributed by atoms with van der Waals surface area (Å²) in [6.45, 7) is 5.90. The first kappa shape index (κ1) is 24.0. The molecular weight excluding hydrogens is 410 g/mol. The van der Waals surface area contributed by atoms with Crippen LogP contribution in [0.1, 0.15) is 56.0 Å². The second-order valence-corrected chi connectivity index (χ2v) is 9.07. The van der Waals surface area contributed by atoms with Crippen LogP contribution in [0.2, 0.25) is 0 Å². The molecule has 2 amide bonds. The minimum Gasteiger partial charge on any atom is -0.472 e. The number of carbonyl (C=O) groups excluding carboxylic acids is 2. The van der Waals surface area contributed by atoms with Gasteiger partial charge >= 0.3 is 0 Å². The lowest BCUT2D eigenvalue weighted by Crippen LogP contribution is -2.50. The van der Waals surface area contributed by atoms with Gasteiger partial charge < -0.3 is 24.7 Å². The van der Waals surface area contributed by atoms with E-state index in [0.717, 1.165) is 12.8 Å². The molecule has 1 aromatic rings. The van der Waals surface area contributed by atoms with Gasteiger partial charge in [-0.15, -0.1) is 0 Å². The van der Waals surface area contributed by atoms with Crippen molar-refractivity contribution in [3.05, 3.63) is 23.4 Å². The van der Waals surface area contributed by atoms with E-state index in [2.05, 4.69) is 16.8 Å². The van der Waals surface area contributed by atoms with Gasteiger partial charge in [0, 0.05) is 37.7 Å². The molecule has 2 aliphatic rings. The maximum Gasteiger partial charge on any atom is 0.259 e. The Morgan fingerprint density at radius 3 is 2.75 bits per heavy atom. The average Bonchev–Trinajstić information content (AvgIpc) is 3.58. The maximum absolute atomic E-state index is 13.3. The van der Waals surface area contributed by atoms with Crippen molar-refractivity contribution in [2.45, 2.75) is 58.3 Å². The summed E-state index contributed by atoms with van der Waals surface area (Å²) in [6, 6.07) is 1.21. The first-order chi connectivity index (χ1) is 15.2. The molecule has 0 unspecified atom stereocenters. The Balaban J connectivity index is 1.91. The van der Waals surface area contributed by atoms with Crippen LogP contribution in [-0.4, -0.2) is 81.8 Å². The summed E-state index contributed by atoms with van der Waals surface area (Å²) >= 11 is 0. The molecule has 32 heavy (non-hydrogen) atoms. The summed E-state index contributed by atoms with van der Waals surface area (Å²) in [6.07, 6.45) is 3.12. The first-order valence-electron chi connectivity index (χ1n) is 11.2. The van der Waals surface area contributed by atoms with Gasteiger partial charge in [0.2, 0.25) is 11.8 Å². The molecule has 1 aliphatic carbocycles. The van der Waals surface area contributed by atoms with Crippen LogP contribution in [0.3, 0.4) is 0 Å². The van der Waals surface area contributed by atoms with E-state index in [1.807, 2.05) is 6.92 Å². The van der Waals surface area contributed by atoms with Crippen molar-refractivity contribution in [2.75, 3.05) is 26.7 Å². The van der Waals surface area contributed by atoms with E-state index >= 15 is 0 Å². The number of aliphatic hydroxyl groups excluding tert-OH is 2. The van der Waals surface area contributed by atoms with Crippen LogP contribution in [0.5, 0.6) is 5.88 Å². The molecule has 174 valence electrons. The van der Waals surface area contributed by atoms with Crippen LogP contribution in [0.4, 0.5) is 0 Å². The average molecular weight is 444 g/mol. The molecule has 8 nitrogen and oxygen atoms in total. The minimum absolute atomic E-state index is 0.0891. The molecule has 0 spiro atoms. The van der Waals surface area contributed by atoms with E-state index in [-0.39, 0.29) is 41.9 Å². The molecule has 1 aromatic heterocycles. The highest BCUT2D eigenvalue weighted by atomic mass is 16.5. The summed E-state index contributed by atoms with van der Waals surface area (Å²) in [5.41, 5.74) is 0.742. The number of hydrogen-bond donors (Lipinski definition) is 2. The van der Waals surface area contributed by atoms with Gasteiger partial charge in [-0.2, -0.15) is 0 Å². The van der Waals surface area contributed by atoms with Crippen molar-refractivity contribution in [3.8, 4) is 17.7 Å². The van der Waals surface area contributed by atoms with E-state index in [9.17, 15) is 19.8 Å². The Morgan fingerprint density at radius 2 is 2.12 bits per heavy atom. The number of ether oxygens (including phenoxy) is 1. The zero-order valence-corrected chi connectivity index (χ0v) is 19.2. The number of amides is 2. The fraction of sp³-hybridized carbons (Fsp3) is 0.625. The predicted octanol–water partition coefficient (Wildman–Crippen LogP) is 1.29. The third-order valence-corrected chi connectivity index (χ3v) is 5.99. The highest BCUT2D eigenvalue weighted by Crippen LogP contribution is 2.33. The SMILES string of the molecule is C[C@@H]1CN([C@@H](C)CO)C(=O)c2cc(C#C[C@@H](C)O)cnc2O[C@@H]1CN(C)C(=O)CC1CC1. The van der Waals surface area contributed by atoms with Crippen molar-refractivity contribution in [1.82, 2.24) is 14.8 Å². The Kier molecular flexibility index (Phi) is 7.75. The van der Waals surface area contributed by atoms with E-state index in [1.54, 1.807) is 36.8 Å². The van der Waals surface area contributed by atoms with Gasteiger partial charge in [0.25, 0.3) is 5.91 Å². The molecule has 0 aromatic carbocycles. The number of carbonyl (C=O) groups is 2. The standard InChI is InChI=1S/C24H33N3O5/c1-15-12-27(16(2)14-28)24(31)20-9-19(6-5-17(3)29)11-25-23(20)32-21(15)13-26(4)22(30)10-18-7-8-18/h9,11,15-18,21,28-29H,7-8,10,12-14H2,1-4H3/t15-,16+,17-,21-/m1/s1. The van der Waals surface area contributed by atoms with Crippen LogP contribution in [0, 0.1) is 23.7 Å². The molecule has 0 radical (unpaired) electrons. The number of pyridine rings is 1. The molecule has 3 rings (SSSR count). The van der Waals surface area contributed by atoms with Gasteiger partial charge in [-0.25, -0.2) is 4.98 Å². The first-order valence-corrected chi connectivity index (χ1v) is 11.2. The van der Waals surface area contributed by atoms with E-state index in [1.165, 1.54) is 6.20 Å². The second-order valence-electron chi connectivity index (χ2n) is 9.07. The molecular formula is C24H33N3O5. The zero-order valence-electron chi connectivity index (χ0n) is 19.2. The molecule has 0 saturated heterocycles. The smallest absolute Gasteiger partial charge is 0.259 e. The lowest BCUT2D eigenvalue weighted by Gasteiger charge is -2.37. The molecule has 8 heteroatoms. The van der Waals surface area contributed by atoms with E-state index in [4.69, 9.17) is 4.74 Å². The minimum atomic E-state index is -0.802. The van der Waals surface area contributed by atoms with Crippen LogP contribution in [0.25, 0.3) is 0 Å². The molecule has 1 aliphatic heterocycles. The third kappa shape index (κ3) is 5.99. The predicted molar refractivity (Wildman–Crippen MR) is 119 cm³/mol. The number of hydrogen-bond acceptors (Lipinski definition) is 6. The van der Waals surface area contributed by atoms with Gasteiger partial charge in [-0.05, 0) is 38.7 Å². The van der Waals surface area contributed by atoms with Gasteiger partial charge in [-0.1, -0.05) is 18.8 Å². The number of likely N-dealkylation sites (N-methyl/N-ethyl adjacent to an activating group) is 1. The third-order valence-electron chi connectivity index (χ3n) is 5.99. The maximum atomic E-state index is 13.3. The van der Waals surface area contributed by atoms with Gasteiger partial charge in [0.15, 0.2) is 0 Å². The summed E-state index contributed by atoms with van der Waals surface area (Å²) in [5.74, 6) is 5.86. The van der Waals surface area contributed by atoms with Crippen molar-refractivity contribution < 1.29 is 24.5 Å². The number of nitrogens with zero attached hydrogens (tertiary/aromatic N) is 3. The second kappa shape index (κ2) is 10.3. The Morgan fingerprint density at radius 1 is 1.41 bits per heavy atom. The molecule has 1 saturated carbocycles. The van der Waals surface area contributed by atoms with Crippen molar-refractivity contribution in [3.63, 3.8) is 0 Å². The monoisotopic (exact) mass is 443 g/mol. The quantitative estimate of drug-likeness (QED) is 0.643. The number of aromatic nitrogens is 1. The summed E-state index contributed by atoms with van der Waals surface area (Å²) < 4.78 is 6.19. The van der Waals surface area contributed by atoms with Crippen LogP contribution < -0.4 is 4.74 Å². The Bertz CT molecular complexity index is 903. The molecule has 1 fully saturated rings. The Hall–Kier alpha value is -2.63. The lowest BCUT2D eigenvalue weighted by molar-refractivity contribution is -0.131. The van der Waals surface area contributed by atoms with Gasteiger partial charge in [-0.3, -0.25) is 9.59 Å². The van der Waals surface area contributed by atoms with E-state index in [0.29, 0.717) is 31.0 Å². The lowest BCUT2D eigenvalue weighted by atomic mass is 9.99. The highest BCUT2D eigenvalue weighted by molar-refractivity contribution is 5.97.